The molecule has 25 heavy (non-hydrogen) atoms. The van der Waals surface area contributed by atoms with Crippen molar-refractivity contribution in [3.8, 4) is 11.5 Å². The van der Waals surface area contributed by atoms with Crippen LogP contribution in [-0.2, 0) is 0 Å². The minimum absolute atomic E-state index is 0.284. The van der Waals surface area contributed by atoms with Gasteiger partial charge in [0.05, 0.1) is 35.6 Å². The molecule has 2 aromatic carbocycles. The first-order valence-corrected chi connectivity index (χ1v) is 8.87. The van der Waals surface area contributed by atoms with Gasteiger partial charge in [0.25, 0.3) is 0 Å². The molecule has 0 bridgehead atoms. The van der Waals surface area contributed by atoms with E-state index in [1.165, 1.54) is 0 Å². The Balaban J connectivity index is 2.05. The van der Waals surface area contributed by atoms with Gasteiger partial charge in [-0.05, 0) is 52.4 Å². The lowest BCUT2D eigenvalue weighted by Crippen LogP contribution is -2.24. The van der Waals surface area contributed by atoms with Gasteiger partial charge in [-0.1, -0.05) is 23.2 Å². The topological polar surface area (TPSA) is 54.9 Å². The zero-order chi connectivity index (χ0) is 18.4. The molecule has 0 aromatic heterocycles. The number of halogens is 3. The minimum atomic E-state index is 0.284. The number of ether oxygens (including phenoxy) is 2. The fourth-order valence-electron chi connectivity index (χ4n) is 1.89. The van der Waals surface area contributed by atoms with Crippen molar-refractivity contribution in [1.82, 2.24) is 5.43 Å². The summed E-state index contributed by atoms with van der Waals surface area (Å²) in [7, 11) is 3.16. The molecule has 0 heterocycles. The number of rotatable bonds is 5. The van der Waals surface area contributed by atoms with Crippen molar-refractivity contribution in [3.63, 3.8) is 0 Å². The molecule has 0 spiro atoms. The molecule has 2 aromatic rings. The largest absolute Gasteiger partial charge is 0.496 e. The van der Waals surface area contributed by atoms with Crippen molar-refractivity contribution in [2.24, 2.45) is 5.10 Å². The Hall–Kier alpha value is -1.54. The highest BCUT2D eigenvalue weighted by Gasteiger charge is 2.08. The molecule has 0 unspecified atom stereocenters. The second kappa shape index (κ2) is 9.24. The van der Waals surface area contributed by atoms with Gasteiger partial charge in [-0.15, -0.1) is 0 Å². The molecule has 0 aliphatic carbocycles. The van der Waals surface area contributed by atoms with Gasteiger partial charge >= 0.3 is 0 Å². The lowest BCUT2D eigenvalue weighted by atomic mass is 10.2. The third kappa shape index (κ3) is 5.47. The Morgan fingerprint density at radius 1 is 1.16 bits per heavy atom. The zero-order valence-corrected chi connectivity index (χ0v) is 17.2. The van der Waals surface area contributed by atoms with Crippen LogP contribution in [0.2, 0.25) is 10.0 Å². The average Bonchev–Trinajstić information content (AvgIpc) is 2.57. The Bertz CT molecular complexity index is 818. The van der Waals surface area contributed by atoms with Gasteiger partial charge in [0.2, 0.25) is 0 Å². The molecule has 2 rings (SSSR count). The molecule has 0 fully saturated rings. The normalized spacial score (nSPS) is 10.6. The Kier molecular flexibility index (Phi) is 7.31. The molecule has 5 nitrogen and oxygen atoms in total. The van der Waals surface area contributed by atoms with E-state index in [0.29, 0.717) is 27.2 Å². The summed E-state index contributed by atoms with van der Waals surface area (Å²) in [6, 6.07) is 8.65. The van der Waals surface area contributed by atoms with E-state index in [2.05, 4.69) is 31.8 Å². The van der Waals surface area contributed by atoms with Crippen molar-refractivity contribution < 1.29 is 9.47 Å². The fraction of sp³-hybridized carbons (Fsp3) is 0.125. The predicted octanol–water partition coefficient (Wildman–Crippen LogP) is 5.09. The van der Waals surface area contributed by atoms with Crippen LogP contribution in [0.4, 0.5) is 5.69 Å². The molecular formula is C16H14BrCl2N3O2S. The molecule has 132 valence electrons. The molecule has 0 atom stereocenters. The first-order chi connectivity index (χ1) is 11.9. The molecule has 0 radical (unpaired) electrons. The summed E-state index contributed by atoms with van der Waals surface area (Å²) >= 11 is 20.5. The predicted molar refractivity (Wildman–Crippen MR) is 111 cm³/mol. The second-order valence-corrected chi connectivity index (χ2v) is 6.78. The van der Waals surface area contributed by atoms with E-state index in [4.69, 9.17) is 44.9 Å². The van der Waals surface area contributed by atoms with Crippen LogP contribution in [0.5, 0.6) is 11.5 Å². The summed E-state index contributed by atoms with van der Waals surface area (Å²) in [5.74, 6) is 1.28. The van der Waals surface area contributed by atoms with Crippen molar-refractivity contribution >= 4 is 68.4 Å². The van der Waals surface area contributed by atoms with Crippen molar-refractivity contribution in [3.05, 3.63) is 50.4 Å². The first-order valence-electron chi connectivity index (χ1n) is 6.91. The van der Waals surface area contributed by atoms with Crippen LogP contribution in [-0.4, -0.2) is 25.5 Å². The number of nitrogens with one attached hydrogen (secondary N) is 2. The van der Waals surface area contributed by atoms with E-state index >= 15 is 0 Å². The fourth-order valence-corrected chi connectivity index (χ4v) is 3.03. The Labute approximate surface area is 169 Å². The van der Waals surface area contributed by atoms with Gasteiger partial charge in [0.1, 0.15) is 11.5 Å². The number of benzene rings is 2. The average molecular weight is 463 g/mol. The van der Waals surface area contributed by atoms with Gasteiger partial charge < -0.3 is 14.8 Å². The van der Waals surface area contributed by atoms with E-state index in [-0.39, 0.29) is 5.11 Å². The van der Waals surface area contributed by atoms with Gasteiger partial charge in [-0.3, -0.25) is 5.43 Å². The lowest BCUT2D eigenvalue weighted by molar-refractivity contribution is 0.392. The number of hydrogen-bond donors (Lipinski definition) is 2. The number of thiocarbonyl (C=S) groups is 1. The third-order valence-electron chi connectivity index (χ3n) is 3.05. The van der Waals surface area contributed by atoms with Crippen LogP contribution in [0.3, 0.4) is 0 Å². The van der Waals surface area contributed by atoms with Crippen LogP contribution in [0.25, 0.3) is 0 Å². The second-order valence-electron chi connectivity index (χ2n) is 4.68. The van der Waals surface area contributed by atoms with E-state index in [1.807, 2.05) is 6.07 Å². The minimum Gasteiger partial charge on any atom is -0.496 e. The highest BCUT2D eigenvalue weighted by atomic mass is 79.9. The third-order valence-corrected chi connectivity index (χ3v) is 4.41. The quantitative estimate of drug-likeness (QED) is 0.368. The zero-order valence-electron chi connectivity index (χ0n) is 13.3. The molecular weight excluding hydrogens is 449 g/mol. The molecule has 9 heteroatoms. The summed E-state index contributed by atoms with van der Waals surface area (Å²) in [6.07, 6.45) is 1.58. The lowest BCUT2D eigenvalue weighted by Gasteiger charge is -2.10. The van der Waals surface area contributed by atoms with Crippen LogP contribution < -0.4 is 20.2 Å². The van der Waals surface area contributed by atoms with Crippen LogP contribution in [0.1, 0.15) is 5.56 Å². The van der Waals surface area contributed by atoms with E-state index in [1.54, 1.807) is 44.7 Å². The summed E-state index contributed by atoms with van der Waals surface area (Å²) in [6.45, 7) is 0. The Morgan fingerprint density at radius 3 is 2.52 bits per heavy atom. The highest BCUT2D eigenvalue weighted by Crippen LogP contribution is 2.32. The van der Waals surface area contributed by atoms with Gasteiger partial charge in [-0.25, -0.2) is 0 Å². The molecule has 0 saturated heterocycles. The maximum atomic E-state index is 6.08. The van der Waals surface area contributed by atoms with E-state index in [0.717, 1.165) is 10.0 Å². The van der Waals surface area contributed by atoms with E-state index in [9.17, 15) is 0 Å². The summed E-state index contributed by atoms with van der Waals surface area (Å²) in [5.41, 5.74) is 4.09. The van der Waals surface area contributed by atoms with Gasteiger partial charge in [-0.2, -0.15) is 5.10 Å². The molecule has 0 amide bonds. The number of hydrogen-bond acceptors (Lipinski definition) is 4. The molecule has 0 aliphatic heterocycles. The number of nitrogens with zero attached hydrogens (tertiary/aromatic N) is 1. The van der Waals surface area contributed by atoms with Crippen molar-refractivity contribution in [2.45, 2.75) is 0 Å². The van der Waals surface area contributed by atoms with Crippen molar-refractivity contribution in [1.29, 1.82) is 0 Å². The van der Waals surface area contributed by atoms with Crippen LogP contribution >= 0.6 is 51.3 Å². The van der Waals surface area contributed by atoms with Crippen LogP contribution in [0, 0.1) is 0 Å². The number of methoxy groups -OCH3 is 2. The number of anilines is 1. The smallest absolute Gasteiger partial charge is 0.191 e. The maximum absolute atomic E-state index is 6.08. The summed E-state index contributed by atoms with van der Waals surface area (Å²) in [5, 5.41) is 8.33. The number of hydrazone groups is 1. The standard InChI is InChI=1S/C16H14BrCl2N3O2S/c1-23-14-7-15(24-2)11(17)5-9(14)8-20-22-16(25)21-13-4-3-10(18)6-12(13)19/h3-8H,1-2H3,(H2,21,22,25)/b20-8+. The maximum Gasteiger partial charge on any atom is 0.191 e. The Morgan fingerprint density at radius 2 is 1.88 bits per heavy atom. The van der Waals surface area contributed by atoms with Crippen molar-refractivity contribution in [2.75, 3.05) is 19.5 Å². The highest BCUT2D eigenvalue weighted by molar-refractivity contribution is 9.10. The molecule has 0 saturated carbocycles. The molecule has 2 N–H and O–H groups in total. The first kappa shape index (κ1) is 19.8. The van der Waals surface area contributed by atoms with Gasteiger partial charge in [0.15, 0.2) is 5.11 Å². The summed E-state index contributed by atoms with van der Waals surface area (Å²) < 4.78 is 11.3. The SMILES string of the molecule is COc1cc(OC)c(/C=N/NC(=S)Nc2ccc(Cl)cc2Cl)cc1Br. The van der Waals surface area contributed by atoms with Gasteiger partial charge in [0, 0.05) is 16.7 Å². The summed E-state index contributed by atoms with van der Waals surface area (Å²) in [4.78, 5) is 0. The molecule has 0 aliphatic rings. The van der Waals surface area contributed by atoms with E-state index < -0.39 is 0 Å². The van der Waals surface area contributed by atoms with Crippen LogP contribution in [0.15, 0.2) is 39.9 Å². The monoisotopic (exact) mass is 461 g/mol.